The summed E-state index contributed by atoms with van der Waals surface area (Å²) in [7, 11) is 0. The van der Waals surface area contributed by atoms with Crippen molar-refractivity contribution in [2.24, 2.45) is 0 Å². The van der Waals surface area contributed by atoms with E-state index in [0.717, 1.165) is 36.0 Å². The molecule has 1 N–H and O–H groups in total. The highest BCUT2D eigenvalue weighted by Crippen LogP contribution is 2.31. The fourth-order valence-corrected chi connectivity index (χ4v) is 4.01. The number of aliphatic hydroxyl groups excluding tert-OH is 1. The highest BCUT2D eigenvalue weighted by molar-refractivity contribution is 5.70. The number of hydrogen-bond acceptors (Lipinski definition) is 5. The normalized spacial score (nSPS) is 11.9. The molecule has 4 rings (SSSR count). The number of aliphatic hydroxyl groups is 1. The van der Waals surface area contributed by atoms with Crippen molar-refractivity contribution in [2.75, 3.05) is 6.61 Å². The highest BCUT2D eigenvalue weighted by Gasteiger charge is 2.16. The van der Waals surface area contributed by atoms with Gasteiger partial charge in [0, 0.05) is 11.1 Å². The molecule has 1 atom stereocenters. The van der Waals surface area contributed by atoms with Crippen LogP contribution in [0.4, 0.5) is 0 Å². The van der Waals surface area contributed by atoms with Crippen LogP contribution in [0.25, 0.3) is 34.2 Å². The molecule has 0 saturated heterocycles. The van der Waals surface area contributed by atoms with Crippen molar-refractivity contribution in [1.29, 1.82) is 0 Å². The molecule has 1 heterocycles. The van der Waals surface area contributed by atoms with Crippen LogP contribution < -0.4 is 4.74 Å². The Labute approximate surface area is 214 Å². The Balaban J connectivity index is 1.66. The predicted molar refractivity (Wildman–Crippen MR) is 146 cm³/mol. The van der Waals surface area contributed by atoms with E-state index in [2.05, 4.69) is 45.0 Å². The quantitative estimate of drug-likeness (QED) is 0.229. The molecule has 5 heteroatoms. The summed E-state index contributed by atoms with van der Waals surface area (Å²) in [6.45, 7) is 6.55. The zero-order chi connectivity index (χ0) is 25.3. The lowest BCUT2D eigenvalue weighted by Crippen LogP contribution is -2.17. The molecule has 36 heavy (non-hydrogen) atoms. The van der Waals surface area contributed by atoms with E-state index in [0.29, 0.717) is 23.2 Å². The lowest BCUT2D eigenvalue weighted by atomic mass is 10.1. The van der Waals surface area contributed by atoms with Gasteiger partial charge in [0.2, 0.25) is 0 Å². The van der Waals surface area contributed by atoms with Gasteiger partial charge in [-0.2, -0.15) is 0 Å². The van der Waals surface area contributed by atoms with Crippen LogP contribution >= 0.6 is 0 Å². The minimum absolute atomic E-state index is 0.240. The molecular weight excluding hydrogens is 446 g/mol. The summed E-state index contributed by atoms with van der Waals surface area (Å²) in [4.78, 5) is 14.5. The number of para-hydroxylation sites is 1. The molecule has 0 radical (unpaired) electrons. The second kappa shape index (κ2) is 12.4. The molecule has 1 aromatic heterocycles. The van der Waals surface area contributed by atoms with Crippen LogP contribution in [0.15, 0.2) is 72.8 Å². The minimum atomic E-state index is -0.500. The first-order chi connectivity index (χ1) is 17.5. The molecule has 0 aliphatic heterocycles. The number of ether oxygens (including phenoxy) is 1. The zero-order valence-corrected chi connectivity index (χ0v) is 21.4. The summed E-state index contributed by atoms with van der Waals surface area (Å²) in [5.74, 6) is 2.42. The molecule has 5 nitrogen and oxygen atoms in total. The van der Waals surface area contributed by atoms with Crippen LogP contribution in [-0.4, -0.2) is 32.8 Å². The number of unbranched alkanes of at least 4 members (excludes halogenated alkanes) is 3. The Kier molecular flexibility index (Phi) is 8.80. The summed E-state index contributed by atoms with van der Waals surface area (Å²) in [6.07, 6.45) is 4.76. The van der Waals surface area contributed by atoms with E-state index in [1.165, 1.54) is 24.0 Å². The molecule has 1 unspecified atom stereocenters. The third-order valence-electron chi connectivity index (χ3n) is 6.21. The number of benzene rings is 3. The van der Waals surface area contributed by atoms with Gasteiger partial charge in [-0.05, 0) is 32.4 Å². The van der Waals surface area contributed by atoms with E-state index in [9.17, 15) is 5.11 Å². The highest BCUT2D eigenvalue weighted by atomic mass is 16.5. The van der Waals surface area contributed by atoms with Crippen molar-refractivity contribution in [3.05, 3.63) is 83.9 Å². The van der Waals surface area contributed by atoms with Crippen molar-refractivity contribution < 1.29 is 9.84 Å². The molecule has 4 aromatic rings. The second-order valence-corrected chi connectivity index (χ2v) is 9.35. The van der Waals surface area contributed by atoms with Gasteiger partial charge < -0.3 is 9.84 Å². The number of aryl methyl sites for hydroxylation is 2. The van der Waals surface area contributed by atoms with E-state index >= 15 is 0 Å². The van der Waals surface area contributed by atoms with Gasteiger partial charge in [-0.1, -0.05) is 104 Å². The second-order valence-electron chi connectivity index (χ2n) is 9.35. The van der Waals surface area contributed by atoms with Crippen molar-refractivity contribution >= 4 is 0 Å². The predicted octanol–water partition coefficient (Wildman–Crippen LogP) is 7.20. The molecule has 0 fully saturated rings. The maximum atomic E-state index is 10.4. The van der Waals surface area contributed by atoms with Gasteiger partial charge in [-0.15, -0.1) is 0 Å². The van der Waals surface area contributed by atoms with Gasteiger partial charge in [0.15, 0.2) is 17.5 Å². The van der Waals surface area contributed by atoms with Crippen LogP contribution in [0.2, 0.25) is 0 Å². The summed E-state index contributed by atoms with van der Waals surface area (Å²) in [5.41, 5.74) is 4.99. The smallest absolute Gasteiger partial charge is 0.167 e. The zero-order valence-electron chi connectivity index (χ0n) is 21.4. The van der Waals surface area contributed by atoms with Crippen LogP contribution in [0.1, 0.15) is 50.2 Å². The fourth-order valence-electron chi connectivity index (χ4n) is 4.01. The van der Waals surface area contributed by atoms with Gasteiger partial charge in [-0.25, -0.2) is 15.0 Å². The summed E-state index contributed by atoms with van der Waals surface area (Å²) < 4.78 is 6.08. The van der Waals surface area contributed by atoms with E-state index in [1.807, 2.05) is 48.5 Å². The molecular formula is C31H35N3O2. The number of nitrogens with zero attached hydrogens (tertiary/aromatic N) is 3. The number of aromatic nitrogens is 3. The fraction of sp³-hybridized carbons (Fsp3) is 0.323. The maximum absolute atomic E-state index is 10.4. The van der Waals surface area contributed by atoms with E-state index < -0.39 is 6.10 Å². The third-order valence-corrected chi connectivity index (χ3v) is 6.21. The Hall–Kier alpha value is -3.57. The van der Waals surface area contributed by atoms with Crippen LogP contribution in [0.5, 0.6) is 5.75 Å². The first-order valence-electron chi connectivity index (χ1n) is 12.8. The molecule has 0 amide bonds. The molecule has 0 aliphatic carbocycles. The summed E-state index contributed by atoms with van der Waals surface area (Å²) >= 11 is 0. The Morgan fingerprint density at radius 1 is 0.694 bits per heavy atom. The van der Waals surface area contributed by atoms with Crippen molar-refractivity contribution in [3.8, 4) is 39.9 Å². The molecule has 3 aromatic carbocycles. The van der Waals surface area contributed by atoms with Gasteiger partial charge >= 0.3 is 0 Å². The first-order valence-corrected chi connectivity index (χ1v) is 12.8. The average Bonchev–Trinajstić information content (AvgIpc) is 2.90. The van der Waals surface area contributed by atoms with Gasteiger partial charge in [0.05, 0.1) is 11.7 Å². The minimum Gasteiger partial charge on any atom is -0.490 e. The van der Waals surface area contributed by atoms with Gasteiger partial charge in [0.1, 0.15) is 12.4 Å². The lowest BCUT2D eigenvalue weighted by Gasteiger charge is -2.15. The first kappa shape index (κ1) is 25.5. The van der Waals surface area contributed by atoms with Crippen molar-refractivity contribution in [1.82, 2.24) is 15.0 Å². The van der Waals surface area contributed by atoms with Crippen LogP contribution in [-0.2, 0) is 0 Å². The van der Waals surface area contributed by atoms with Gasteiger partial charge in [-0.3, -0.25) is 0 Å². The molecule has 0 bridgehead atoms. The topological polar surface area (TPSA) is 68.1 Å². The Morgan fingerprint density at radius 2 is 1.25 bits per heavy atom. The van der Waals surface area contributed by atoms with Gasteiger partial charge in [0.25, 0.3) is 0 Å². The molecule has 186 valence electrons. The third kappa shape index (κ3) is 6.76. The SMILES string of the molecule is CCCCCCC(O)COc1ccccc1-c1nc(-c2ccc(C)cc2)nc(-c2ccc(C)cc2)n1. The van der Waals surface area contributed by atoms with E-state index in [-0.39, 0.29) is 6.61 Å². The van der Waals surface area contributed by atoms with Crippen molar-refractivity contribution in [3.63, 3.8) is 0 Å². The molecule has 0 saturated carbocycles. The van der Waals surface area contributed by atoms with Crippen LogP contribution in [0.3, 0.4) is 0 Å². The monoisotopic (exact) mass is 481 g/mol. The Morgan fingerprint density at radius 3 is 1.83 bits per heavy atom. The van der Waals surface area contributed by atoms with E-state index in [1.54, 1.807) is 0 Å². The largest absolute Gasteiger partial charge is 0.490 e. The molecule has 0 aliphatic rings. The lowest BCUT2D eigenvalue weighted by molar-refractivity contribution is 0.0978. The molecule has 0 spiro atoms. The summed E-state index contributed by atoms with van der Waals surface area (Å²) in [6, 6.07) is 24.1. The Bertz CT molecular complexity index is 1190. The average molecular weight is 482 g/mol. The number of rotatable bonds is 11. The van der Waals surface area contributed by atoms with Crippen molar-refractivity contribution in [2.45, 2.75) is 59.0 Å². The summed E-state index contributed by atoms with van der Waals surface area (Å²) in [5, 5.41) is 10.4. The number of hydrogen-bond donors (Lipinski definition) is 1. The van der Waals surface area contributed by atoms with Crippen LogP contribution in [0, 0.1) is 13.8 Å². The standard InChI is InChI=1S/C31H35N3O2/c1-4-5-6-7-10-26(35)21-36-28-12-9-8-11-27(28)31-33-29(24-17-13-22(2)14-18-24)32-30(34-31)25-19-15-23(3)16-20-25/h8-9,11-20,26,35H,4-7,10,21H2,1-3H3. The maximum Gasteiger partial charge on any atom is 0.167 e. The van der Waals surface area contributed by atoms with E-state index in [4.69, 9.17) is 19.7 Å².